The maximum Gasteiger partial charge on any atom is 0.496 e. The Bertz CT molecular complexity index is 2890. The average Bonchev–Trinajstić information content (AvgIpc) is 3.55. The van der Waals surface area contributed by atoms with Crippen LogP contribution in [0.25, 0.3) is 11.1 Å². The van der Waals surface area contributed by atoms with Gasteiger partial charge in [0.25, 0.3) is 0 Å². The average molecular weight is 1170 g/mol. The molecule has 6 N–H and O–H groups in total. The number of pyridine rings is 4. The van der Waals surface area contributed by atoms with E-state index in [0.717, 1.165) is 79.0 Å². The molecule has 7 heterocycles. The predicted molar refractivity (Wildman–Crippen MR) is 306 cm³/mol. The van der Waals surface area contributed by atoms with Gasteiger partial charge in [0.1, 0.15) is 17.4 Å². The van der Waals surface area contributed by atoms with Crippen molar-refractivity contribution in [1.82, 2.24) is 25.3 Å². The van der Waals surface area contributed by atoms with E-state index in [1.165, 1.54) is 23.6 Å². The number of aryl methyl sites for hydroxylation is 2. The second-order valence-corrected chi connectivity index (χ2v) is 23.3. The van der Waals surface area contributed by atoms with E-state index in [1.54, 1.807) is 57.8 Å². The molecule has 0 unspecified atom stereocenters. The van der Waals surface area contributed by atoms with Gasteiger partial charge < -0.3 is 31.2 Å². The molecular formula is C56H73BBr2N10O7. The van der Waals surface area contributed by atoms with Crippen LogP contribution in [0.5, 0.6) is 0 Å². The van der Waals surface area contributed by atoms with E-state index in [0.29, 0.717) is 31.1 Å². The van der Waals surface area contributed by atoms with Crippen molar-refractivity contribution in [3.8, 4) is 17.2 Å². The molecule has 0 saturated carbocycles. The van der Waals surface area contributed by atoms with Crippen molar-refractivity contribution < 1.29 is 33.6 Å². The number of hydrogen-bond acceptors (Lipinski definition) is 12. The minimum Gasteiger partial charge on any atom is -0.399 e. The highest BCUT2D eigenvalue weighted by molar-refractivity contribution is 9.10. The lowest BCUT2D eigenvalue weighted by Gasteiger charge is -2.32. The highest BCUT2D eigenvalue weighted by atomic mass is 79.9. The second kappa shape index (κ2) is 26.3. The van der Waals surface area contributed by atoms with Crippen molar-refractivity contribution in [1.29, 1.82) is 5.26 Å². The number of anilines is 2. The summed E-state index contributed by atoms with van der Waals surface area (Å²) in [6, 6.07) is 16.6. The molecule has 4 aromatic heterocycles. The second-order valence-electron chi connectivity index (χ2n) is 21.4. The Kier molecular flexibility index (Phi) is 21.6. The summed E-state index contributed by atoms with van der Waals surface area (Å²) in [5.41, 5.74) is 16.4. The number of nitrogens with two attached hydrogens (primary N) is 2. The number of nitrogens with zero attached hydrogens (tertiary/aromatic N) is 7. The molecule has 406 valence electrons. The first kappa shape index (κ1) is 62.4. The van der Waals surface area contributed by atoms with E-state index < -0.39 is 24.8 Å². The van der Waals surface area contributed by atoms with Gasteiger partial charge in [-0.2, -0.15) is 5.26 Å². The first-order valence-electron chi connectivity index (χ1n) is 24.9. The Balaban J connectivity index is 0.000000225. The Morgan fingerprint density at radius 1 is 0.737 bits per heavy atom. The molecule has 3 aliphatic rings. The van der Waals surface area contributed by atoms with Crippen molar-refractivity contribution in [2.45, 2.75) is 150 Å². The molecule has 17 nitrogen and oxygen atoms in total. The number of aliphatic hydroxyl groups is 1. The number of aromatic nitrogens is 4. The van der Waals surface area contributed by atoms with Crippen LogP contribution in [-0.2, 0) is 48.3 Å². The monoisotopic (exact) mass is 1170 g/mol. The van der Waals surface area contributed by atoms with Gasteiger partial charge >= 0.3 is 19.2 Å². The zero-order chi connectivity index (χ0) is 57.0. The van der Waals surface area contributed by atoms with Crippen LogP contribution >= 0.6 is 31.9 Å². The molecule has 76 heavy (non-hydrogen) atoms. The number of rotatable bonds is 8. The lowest BCUT2D eigenvalue weighted by atomic mass is 9.79. The molecule has 5 aromatic rings. The number of amides is 5. The molecule has 0 aliphatic carbocycles. The number of ketones is 1. The summed E-state index contributed by atoms with van der Waals surface area (Å²) >= 11 is 6.69. The number of Topliss-reactive ketones (excluding diaryl/α,β-unsaturated/α-hetero) is 1. The molecule has 0 spiro atoms. The maximum atomic E-state index is 11.6. The summed E-state index contributed by atoms with van der Waals surface area (Å²) in [5.74, 6) is 1.41. The van der Waals surface area contributed by atoms with Crippen LogP contribution in [0.3, 0.4) is 0 Å². The van der Waals surface area contributed by atoms with E-state index in [4.69, 9.17) is 26.0 Å². The maximum absolute atomic E-state index is 11.6. The van der Waals surface area contributed by atoms with Crippen LogP contribution in [0.2, 0.25) is 0 Å². The Hall–Kier alpha value is -6.11. The van der Waals surface area contributed by atoms with E-state index >= 15 is 0 Å². The summed E-state index contributed by atoms with van der Waals surface area (Å²) in [6.45, 7) is 25.4. The van der Waals surface area contributed by atoms with E-state index in [1.807, 2.05) is 98.0 Å². The van der Waals surface area contributed by atoms with Crippen molar-refractivity contribution in [2.24, 2.45) is 11.5 Å². The predicted octanol–water partition coefficient (Wildman–Crippen LogP) is 9.87. The standard InChI is InChI=1S/C20H24N4O2.C15H22BN3O3.C10H13BrN2O.C9H11BrO.C2H3N/c1-13(25)9-20(2,3)17-8-16(10-22-12-17)15-7-14-5-4-6-24(19(21)26)18(14)23-11-15;1-14(2)15(3,4)22-16(21-14)11-8-10-6-5-7-19(13(17)20)12(10)18-9-11;1-7(14)13-10(2,3)8-4-9(11)6-12-5-8;1-9(2,11)7-4-3-5-8(10)6-7;1-2-3/h7-8,10-12H,4-6,9H2,1-3H3,(H2,21,26);8-9H,5-7H2,1-4H3,(H2,17,20);4-6H,1-3H3,(H,13,14);3-6,11H,1-2H3;1H3. The first-order chi connectivity index (χ1) is 35.3. The zero-order valence-corrected chi connectivity index (χ0v) is 49.2. The molecule has 0 atom stereocenters. The Labute approximate surface area is 465 Å². The fourth-order valence-electron chi connectivity index (χ4n) is 8.47. The van der Waals surface area contributed by atoms with E-state index in [-0.39, 0.29) is 33.8 Å². The van der Waals surface area contributed by atoms with Crippen LogP contribution in [0.15, 0.2) is 94.7 Å². The lowest BCUT2D eigenvalue weighted by Crippen LogP contribution is -2.41. The number of carbonyl (C=O) groups excluding carboxylic acids is 4. The number of fused-ring (bicyclic) bond motifs is 2. The molecule has 20 heteroatoms. The summed E-state index contributed by atoms with van der Waals surface area (Å²) in [6.07, 6.45) is 14.5. The van der Waals surface area contributed by atoms with E-state index in [2.05, 4.69) is 69.2 Å². The van der Waals surface area contributed by atoms with Crippen LogP contribution in [0, 0.1) is 11.3 Å². The van der Waals surface area contributed by atoms with Gasteiger partial charge in [-0.3, -0.25) is 29.4 Å². The van der Waals surface area contributed by atoms with Gasteiger partial charge in [-0.1, -0.05) is 48.0 Å². The first-order valence-corrected chi connectivity index (χ1v) is 26.5. The van der Waals surface area contributed by atoms with Crippen LogP contribution < -0.4 is 32.0 Å². The third-order valence-corrected chi connectivity index (χ3v) is 14.0. The zero-order valence-electron chi connectivity index (χ0n) is 46.0. The highest BCUT2D eigenvalue weighted by Gasteiger charge is 2.52. The molecule has 0 radical (unpaired) electrons. The molecule has 3 aliphatic heterocycles. The molecule has 1 saturated heterocycles. The quantitative estimate of drug-likeness (QED) is 0.106. The number of nitrogens with one attached hydrogen (secondary N) is 1. The van der Waals surface area contributed by atoms with Crippen LogP contribution in [0.1, 0.15) is 137 Å². The molecule has 0 bridgehead atoms. The van der Waals surface area contributed by atoms with Crippen LogP contribution in [0.4, 0.5) is 21.2 Å². The Morgan fingerprint density at radius 2 is 1.24 bits per heavy atom. The summed E-state index contributed by atoms with van der Waals surface area (Å²) in [4.78, 5) is 66.0. The summed E-state index contributed by atoms with van der Waals surface area (Å²) < 4.78 is 14.0. The molecule has 8 rings (SSSR count). The molecule has 1 fully saturated rings. The van der Waals surface area contributed by atoms with Gasteiger partial charge in [-0.25, -0.2) is 19.6 Å². The number of halogens is 2. The minimum absolute atomic E-state index is 0.0463. The smallest absolute Gasteiger partial charge is 0.399 e. The van der Waals surface area contributed by atoms with Crippen molar-refractivity contribution in [2.75, 3.05) is 22.9 Å². The number of carbonyl (C=O) groups is 4. The SMILES string of the molecule is CC#N.CC(=O)CC(C)(C)c1cncc(-c2cnc3c(c2)CCCN3C(N)=O)c1.CC(=O)NC(C)(C)c1cncc(Br)c1.CC(C)(O)c1cccc(Br)c1.CC1(C)OB(c2cnc3c(c2)CCCN3C(N)=O)OC1(C)C. The minimum atomic E-state index is -0.746. The van der Waals surface area contributed by atoms with Gasteiger partial charge in [-0.05, 0) is 167 Å². The number of primary amides is 2. The summed E-state index contributed by atoms with van der Waals surface area (Å²) in [5, 5.41) is 19.8. The number of urea groups is 2. The van der Waals surface area contributed by atoms with Gasteiger partial charge in [0.15, 0.2) is 0 Å². The Morgan fingerprint density at radius 3 is 1.72 bits per heavy atom. The largest absolute Gasteiger partial charge is 0.496 e. The fourth-order valence-corrected chi connectivity index (χ4v) is 9.23. The van der Waals surface area contributed by atoms with Gasteiger partial charge in [0.2, 0.25) is 5.91 Å². The molecule has 1 aromatic carbocycles. The summed E-state index contributed by atoms with van der Waals surface area (Å²) in [7, 11) is -0.438. The number of hydrogen-bond donors (Lipinski definition) is 4. The number of nitriles is 1. The number of benzene rings is 1. The highest BCUT2D eigenvalue weighted by Crippen LogP contribution is 2.37. The van der Waals surface area contributed by atoms with Crippen molar-refractivity contribution >= 4 is 79.8 Å². The fraction of sp³-hybridized carbons (Fsp3) is 0.446. The van der Waals surface area contributed by atoms with Crippen molar-refractivity contribution in [3.63, 3.8) is 0 Å². The van der Waals surface area contributed by atoms with Gasteiger partial charge in [-0.15, -0.1) is 0 Å². The molecule has 5 amide bonds. The van der Waals surface area contributed by atoms with Gasteiger partial charge in [0, 0.05) is 96.1 Å². The van der Waals surface area contributed by atoms with Gasteiger partial charge in [0.05, 0.1) is 28.4 Å². The third-order valence-electron chi connectivity index (χ3n) is 13.1. The molecular weight excluding hydrogens is 1100 g/mol. The normalized spacial score (nSPS) is 15.2. The van der Waals surface area contributed by atoms with Crippen molar-refractivity contribution in [3.05, 3.63) is 122 Å². The van der Waals surface area contributed by atoms with E-state index in [9.17, 15) is 24.3 Å². The van der Waals surface area contributed by atoms with Crippen LogP contribution in [-0.4, -0.2) is 80.2 Å². The lowest BCUT2D eigenvalue weighted by molar-refractivity contribution is -0.120. The third kappa shape index (κ3) is 17.2. The topological polar surface area (TPSA) is 253 Å².